The van der Waals surface area contributed by atoms with Crippen molar-refractivity contribution in [2.75, 3.05) is 12.0 Å². The van der Waals surface area contributed by atoms with E-state index in [0.29, 0.717) is 11.5 Å². The van der Waals surface area contributed by atoms with Crippen LogP contribution in [0.25, 0.3) is 0 Å². The van der Waals surface area contributed by atoms with Gasteiger partial charge >= 0.3 is 5.97 Å². The van der Waals surface area contributed by atoms with Crippen LogP contribution < -0.4 is 11.0 Å². The highest BCUT2D eigenvalue weighted by molar-refractivity contribution is 5.75. The third-order valence-electron chi connectivity index (χ3n) is 4.18. The summed E-state index contributed by atoms with van der Waals surface area (Å²) in [5.41, 5.74) is 3.96. The van der Waals surface area contributed by atoms with Crippen molar-refractivity contribution in [2.45, 2.75) is 45.4 Å². The number of aliphatic carboxylic acids is 1. The summed E-state index contributed by atoms with van der Waals surface area (Å²) >= 11 is 0. The Kier molecular flexibility index (Phi) is 4.47. The highest BCUT2D eigenvalue weighted by Crippen LogP contribution is 2.24. The zero-order chi connectivity index (χ0) is 14.7. The number of hydrogen-bond acceptors (Lipinski definition) is 3. The number of nitrogens with zero attached hydrogens (tertiary/aromatic N) is 1. The Bertz CT molecular complexity index is 545. The maximum absolute atomic E-state index is 12.4. The van der Waals surface area contributed by atoms with Gasteiger partial charge in [0.05, 0.1) is 5.92 Å². The second-order valence-electron chi connectivity index (χ2n) is 5.66. The molecule has 0 aromatic carbocycles. The summed E-state index contributed by atoms with van der Waals surface area (Å²) in [6.45, 7) is 4.09. The molecule has 5 nitrogen and oxygen atoms in total. The largest absolute Gasteiger partial charge is 0.481 e. The van der Waals surface area contributed by atoms with Crippen molar-refractivity contribution in [3.05, 3.63) is 33.7 Å². The SMILES string of the molecule is Cc1ccn(NCC2CCCC2)c(=O)c1C(C)C(=O)O. The first-order valence-electron chi connectivity index (χ1n) is 7.19. The Morgan fingerprint density at radius 3 is 2.75 bits per heavy atom. The van der Waals surface area contributed by atoms with Gasteiger partial charge in [-0.25, -0.2) is 4.68 Å². The van der Waals surface area contributed by atoms with E-state index >= 15 is 0 Å². The first kappa shape index (κ1) is 14.6. The van der Waals surface area contributed by atoms with Crippen LogP contribution in [0.3, 0.4) is 0 Å². The maximum atomic E-state index is 12.4. The second kappa shape index (κ2) is 6.11. The lowest BCUT2D eigenvalue weighted by atomic mass is 9.98. The van der Waals surface area contributed by atoms with Crippen LogP contribution in [0.5, 0.6) is 0 Å². The highest BCUT2D eigenvalue weighted by atomic mass is 16.4. The third-order valence-corrected chi connectivity index (χ3v) is 4.18. The van der Waals surface area contributed by atoms with Crippen molar-refractivity contribution in [2.24, 2.45) is 5.92 Å². The van der Waals surface area contributed by atoms with Crippen molar-refractivity contribution in [1.82, 2.24) is 4.68 Å². The normalized spacial score (nSPS) is 17.1. The number of hydrogen-bond donors (Lipinski definition) is 2. The Morgan fingerprint density at radius 1 is 1.50 bits per heavy atom. The number of carbonyl (C=O) groups is 1. The van der Waals surface area contributed by atoms with Gasteiger partial charge in [-0.2, -0.15) is 0 Å². The zero-order valence-electron chi connectivity index (χ0n) is 12.1. The number of aryl methyl sites for hydroxylation is 1. The van der Waals surface area contributed by atoms with E-state index in [9.17, 15) is 9.59 Å². The van der Waals surface area contributed by atoms with Gasteiger partial charge in [0.1, 0.15) is 0 Å². The predicted molar refractivity (Wildman–Crippen MR) is 77.7 cm³/mol. The van der Waals surface area contributed by atoms with E-state index in [1.807, 2.05) is 0 Å². The van der Waals surface area contributed by atoms with Crippen LogP contribution in [-0.4, -0.2) is 22.3 Å². The zero-order valence-corrected chi connectivity index (χ0v) is 12.1. The Hall–Kier alpha value is -1.78. The van der Waals surface area contributed by atoms with Crippen LogP contribution in [-0.2, 0) is 4.79 Å². The molecule has 0 radical (unpaired) electrons. The monoisotopic (exact) mass is 278 g/mol. The number of rotatable bonds is 5. The van der Waals surface area contributed by atoms with E-state index in [-0.39, 0.29) is 5.56 Å². The minimum Gasteiger partial charge on any atom is -0.481 e. The number of nitrogens with one attached hydrogen (secondary N) is 1. The van der Waals surface area contributed by atoms with E-state index in [4.69, 9.17) is 5.11 Å². The van der Waals surface area contributed by atoms with Crippen molar-refractivity contribution in [3.8, 4) is 0 Å². The summed E-state index contributed by atoms with van der Waals surface area (Å²) < 4.78 is 1.43. The maximum Gasteiger partial charge on any atom is 0.310 e. The molecular weight excluding hydrogens is 256 g/mol. The molecule has 5 heteroatoms. The fourth-order valence-corrected chi connectivity index (χ4v) is 2.86. The van der Waals surface area contributed by atoms with Gasteiger partial charge in [-0.05, 0) is 44.2 Å². The molecule has 1 aromatic heterocycles. The summed E-state index contributed by atoms with van der Waals surface area (Å²) in [4.78, 5) is 23.5. The van der Waals surface area contributed by atoms with Gasteiger partial charge in [0.15, 0.2) is 0 Å². The molecule has 1 heterocycles. The van der Waals surface area contributed by atoms with Gasteiger partial charge in [-0.1, -0.05) is 12.8 Å². The van der Waals surface area contributed by atoms with E-state index in [2.05, 4.69) is 5.43 Å². The van der Waals surface area contributed by atoms with E-state index in [1.165, 1.54) is 30.4 Å². The summed E-state index contributed by atoms with van der Waals surface area (Å²) in [5, 5.41) is 9.11. The first-order chi connectivity index (χ1) is 9.50. The van der Waals surface area contributed by atoms with Crippen LogP contribution in [0.4, 0.5) is 0 Å². The fraction of sp³-hybridized carbons (Fsp3) is 0.600. The number of aromatic nitrogens is 1. The number of carboxylic acids is 1. The Labute approximate surface area is 118 Å². The van der Waals surface area contributed by atoms with Crippen LogP contribution in [0.1, 0.15) is 49.7 Å². The first-order valence-corrected chi connectivity index (χ1v) is 7.19. The van der Waals surface area contributed by atoms with Gasteiger partial charge < -0.3 is 10.5 Å². The lowest BCUT2D eigenvalue weighted by Gasteiger charge is -2.17. The van der Waals surface area contributed by atoms with Crippen LogP contribution in [0.15, 0.2) is 17.1 Å². The molecule has 0 spiro atoms. The molecule has 1 atom stereocenters. The molecule has 1 aliphatic rings. The summed E-state index contributed by atoms with van der Waals surface area (Å²) in [7, 11) is 0. The van der Waals surface area contributed by atoms with Crippen LogP contribution >= 0.6 is 0 Å². The highest BCUT2D eigenvalue weighted by Gasteiger charge is 2.21. The third kappa shape index (κ3) is 3.03. The van der Waals surface area contributed by atoms with Crippen molar-refractivity contribution in [3.63, 3.8) is 0 Å². The molecule has 2 rings (SSSR count). The van der Waals surface area contributed by atoms with Crippen molar-refractivity contribution in [1.29, 1.82) is 0 Å². The topological polar surface area (TPSA) is 71.3 Å². The van der Waals surface area contributed by atoms with Crippen LogP contribution in [0.2, 0.25) is 0 Å². The average molecular weight is 278 g/mol. The summed E-state index contributed by atoms with van der Waals surface area (Å²) in [6.07, 6.45) is 6.61. The van der Waals surface area contributed by atoms with Gasteiger partial charge in [-0.3, -0.25) is 9.59 Å². The lowest BCUT2D eigenvalue weighted by molar-refractivity contribution is -0.138. The van der Waals surface area contributed by atoms with Gasteiger partial charge in [0.2, 0.25) is 0 Å². The molecule has 1 aliphatic carbocycles. The molecule has 20 heavy (non-hydrogen) atoms. The Balaban J connectivity index is 2.19. The molecular formula is C15H22N2O3. The minimum atomic E-state index is -0.973. The Morgan fingerprint density at radius 2 is 2.15 bits per heavy atom. The van der Waals surface area contributed by atoms with Crippen LogP contribution in [0, 0.1) is 12.8 Å². The molecule has 0 aliphatic heterocycles. The standard InChI is InChI=1S/C15H22N2O3/c1-10-7-8-17(16-9-12-5-3-4-6-12)14(18)13(10)11(2)15(19)20/h7-8,11-12,16H,3-6,9H2,1-2H3,(H,19,20). The molecule has 2 N–H and O–H groups in total. The summed E-state index contributed by atoms with van der Waals surface area (Å²) in [6, 6.07) is 1.79. The molecule has 1 unspecified atom stereocenters. The van der Waals surface area contributed by atoms with Crippen molar-refractivity contribution >= 4 is 5.97 Å². The van der Waals surface area contributed by atoms with Gasteiger partial charge in [0.25, 0.3) is 5.56 Å². The minimum absolute atomic E-state index is 0.252. The lowest BCUT2D eigenvalue weighted by Crippen LogP contribution is -2.35. The molecule has 0 amide bonds. The number of carboxylic acid groups (broad SMARTS) is 1. The quantitative estimate of drug-likeness (QED) is 0.865. The molecule has 1 fully saturated rings. The molecule has 0 bridgehead atoms. The average Bonchev–Trinajstić information content (AvgIpc) is 2.90. The molecule has 110 valence electrons. The summed E-state index contributed by atoms with van der Waals surface area (Å²) in [5.74, 6) is -1.15. The van der Waals surface area contributed by atoms with Gasteiger partial charge in [0, 0.05) is 18.3 Å². The van der Waals surface area contributed by atoms with E-state index < -0.39 is 11.9 Å². The molecule has 1 aromatic rings. The fourth-order valence-electron chi connectivity index (χ4n) is 2.86. The molecule has 1 saturated carbocycles. The number of pyridine rings is 1. The smallest absolute Gasteiger partial charge is 0.310 e. The predicted octanol–water partition coefficient (Wildman–Crippen LogP) is 2.08. The molecule has 0 saturated heterocycles. The van der Waals surface area contributed by atoms with Crippen molar-refractivity contribution < 1.29 is 9.90 Å². The van der Waals surface area contributed by atoms with E-state index in [1.54, 1.807) is 26.1 Å². The van der Waals surface area contributed by atoms with Gasteiger partial charge in [-0.15, -0.1) is 0 Å². The second-order valence-corrected chi connectivity index (χ2v) is 5.66. The van der Waals surface area contributed by atoms with E-state index in [0.717, 1.165) is 12.1 Å².